The van der Waals surface area contributed by atoms with E-state index in [0.717, 1.165) is 6.07 Å². The molecule has 0 aliphatic carbocycles. The number of carbonyl (C=O) groups is 1. The van der Waals surface area contributed by atoms with Crippen LogP contribution in [0.25, 0.3) is 0 Å². The molecule has 0 saturated heterocycles. The summed E-state index contributed by atoms with van der Waals surface area (Å²) in [6, 6.07) is 4.04. The van der Waals surface area contributed by atoms with E-state index in [1.165, 1.54) is 13.2 Å². The number of hydrogen-bond acceptors (Lipinski definition) is 2. The van der Waals surface area contributed by atoms with Crippen LogP contribution in [0.2, 0.25) is 0 Å². The number of ketones is 1. The number of methoxy groups -OCH3 is 1. The van der Waals surface area contributed by atoms with Gasteiger partial charge < -0.3 is 4.74 Å². The molecule has 1 aromatic carbocycles. The van der Waals surface area contributed by atoms with Crippen molar-refractivity contribution in [1.29, 1.82) is 0 Å². The number of alkyl halides is 3. The lowest BCUT2D eigenvalue weighted by molar-refractivity contribution is -0.0886. The van der Waals surface area contributed by atoms with Crippen LogP contribution in [-0.4, -0.2) is 19.1 Å². The summed E-state index contributed by atoms with van der Waals surface area (Å²) >= 11 is 1.82. The summed E-state index contributed by atoms with van der Waals surface area (Å²) in [5.41, 5.74) is -0.461. The van der Waals surface area contributed by atoms with Gasteiger partial charge >= 0.3 is 6.18 Å². The van der Waals surface area contributed by atoms with Gasteiger partial charge in [-0.1, -0.05) is 0 Å². The molecule has 0 saturated carbocycles. The zero-order chi connectivity index (χ0) is 11.6. The number of benzene rings is 1. The van der Waals surface area contributed by atoms with Crippen LogP contribution < -0.4 is 4.74 Å². The second kappa shape index (κ2) is 4.38. The van der Waals surface area contributed by atoms with Gasteiger partial charge in [-0.3, -0.25) is 4.79 Å². The van der Waals surface area contributed by atoms with Crippen molar-refractivity contribution in [1.82, 2.24) is 0 Å². The summed E-state index contributed by atoms with van der Waals surface area (Å²) in [7, 11) is 1.22. The summed E-state index contributed by atoms with van der Waals surface area (Å²) in [4.78, 5) is 11.0. The first-order chi connectivity index (χ1) is 6.86. The SMILES string of the molecule is COc1ccc(I)cc1C(=O)C(F)(F)F. The first kappa shape index (κ1) is 12.3. The maximum atomic E-state index is 12.2. The Kier molecular flexibility index (Phi) is 3.58. The maximum absolute atomic E-state index is 12.2. The molecule has 0 fully saturated rings. The lowest BCUT2D eigenvalue weighted by Gasteiger charge is -2.09. The highest BCUT2D eigenvalue weighted by atomic mass is 127. The van der Waals surface area contributed by atoms with Crippen LogP contribution in [-0.2, 0) is 0 Å². The number of rotatable bonds is 2. The Hall–Kier alpha value is -0.790. The molecule has 82 valence electrons. The fourth-order valence-electron chi connectivity index (χ4n) is 1.01. The summed E-state index contributed by atoms with van der Waals surface area (Å²) in [5, 5.41) is 0. The quantitative estimate of drug-likeness (QED) is 0.615. The molecule has 2 nitrogen and oxygen atoms in total. The van der Waals surface area contributed by atoms with E-state index in [1.807, 2.05) is 22.6 Å². The molecule has 0 aromatic heterocycles. The Morgan fingerprint density at radius 2 is 2.00 bits per heavy atom. The maximum Gasteiger partial charge on any atom is 0.455 e. The van der Waals surface area contributed by atoms with Crippen molar-refractivity contribution in [3.05, 3.63) is 27.3 Å². The second-order valence-electron chi connectivity index (χ2n) is 2.67. The molecule has 15 heavy (non-hydrogen) atoms. The van der Waals surface area contributed by atoms with Gasteiger partial charge in [-0.2, -0.15) is 13.2 Å². The molecule has 0 radical (unpaired) electrons. The van der Waals surface area contributed by atoms with E-state index < -0.39 is 17.5 Å². The van der Waals surface area contributed by atoms with Gasteiger partial charge in [0.2, 0.25) is 0 Å². The lowest BCUT2D eigenvalue weighted by atomic mass is 10.1. The molecular formula is C9H6F3IO2. The predicted molar refractivity (Wildman–Crippen MR) is 56.1 cm³/mol. The molecule has 0 amide bonds. The summed E-state index contributed by atoms with van der Waals surface area (Å²) in [5.74, 6) is -1.96. The van der Waals surface area contributed by atoms with E-state index in [1.54, 1.807) is 6.07 Å². The minimum absolute atomic E-state index is 0.0715. The number of hydrogen-bond donors (Lipinski definition) is 0. The topological polar surface area (TPSA) is 26.3 Å². The smallest absolute Gasteiger partial charge is 0.455 e. The fraction of sp³-hybridized carbons (Fsp3) is 0.222. The van der Waals surface area contributed by atoms with Crippen molar-refractivity contribution < 1.29 is 22.7 Å². The monoisotopic (exact) mass is 330 g/mol. The van der Waals surface area contributed by atoms with E-state index in [2.05, 4.69) is 0 Å². The van der Waals surface area contributed by atoms with Crippen LogP contribution in [0.15, 0.2) is 18.2 Å². The van der Waals surface area contributed by atoms with Gasteiger partial charge in [-0.15, -0.1) is 0 Å². The molecule has 1 aromatic rings. The third kappa shape index (κ3) is 2.83. The van der Waals surface area contributed by atoms with Crippen LogP contribution in [0.1, 0.15) is 10.4 Å². The third-order valence-corrected chi connectivity index (χ3v) is 2.33. The number of halogens is 4. The van der Waals surface area contributed by atoms with Crippen LogP contribution >= 0.6 is 22.6 Å². The Morgan fingerprint density at radius 3 is 2.47 bits per heavy atom. The Morgan fingerprint density at radius 1 is 1.40 bits per heavy atom. The highest BCUT2D eigenvalue weighted by molar-refractivity contribution is 14.1. The number of carbonyl (C=O) groups excluding carboxylic acids is 1. The fourth-order valence-corrected chi connectivity index (χ4v) is 1.50. The molecule has 0 atom stereocenters. The first-order valence-electron chi connectivity index (χ1n) is 3.81. The van der Waals surface area contributed by atoms with Crippen molar-refractivity contribution in [2.45, 2.75) is 6.18 Å². The molecular weight excluding hydrogens is 324 g/mol. The average Bonchev–Trinajstić information content (AvgIpc) is 2.15. The molecule has 0 unspecified atom stereocenters. The van der Waals surface area contributed by atoms with Crippen LogP contribution in [0.3, 0.4) is 0 Å². The van der Waals surface area contributed by atoms with Gasteiger partial charge in [0.05, 0.1) is 12.7 Å². The zero-order valence-corrected chi connectivity index (χ0v) is 9.72. The standard InChI is InChI=1S/C9H6F3IO2/c1-15-7-3-2-5(13)4-6(7)8(14)9(10,11)12/h2-4H,1H3. The van der Waals surface area contributed by atoms with Crippen molar-refractivity contribution in [2.75, 3.05) is 7.11 Å². The van der Waals surface area contributed by atoms with E-state index in [-0.39, 0.29) is 5.75 Å². The highest BCUT2D eigenvalue weighted by Gasteiger charge is 2.40. The van der Waals surface area contributed by atoms with E-state index >= 15 is 0 Å². The van der Waals surface area contributed by atoms with Gasteiger partial charge in [0, 0.05) is 3.57 Å². The highest BCUT2D eigenvalue weighted by Crippen LogP contribution is 2.28. The van der Waals surface area contributed by atoms with Gasteiger partial charge in [0.1, 0.15) is 5.75 Å². The third-order valence-electron chi connectivity index (χ3n) is 1.66. The Bertz CT molecular complexity index is 387. The van der Waals surface area contributed by atoms with Gasteiger partial charge in [0.25, 0.3) is 5.78 Å². The lowest BCUT2D eigenvalue weighted by Crippen LogP contribution is -2.23. The molecule has 0 heterocycles. The van der Waals surface area contributed by atoms with Crippen LogP contribution in [0, 0.1) is 3.57 Å². The molecule has 0 aliphatic rings. The van der Waals surface area contributed by atoms with Crippen molar-refractivity contribution >= 4 is 28.4 Å². The van der Waals surface area contributed by atoms with Crippen molar-refractivity contribution in [3.63, 3.8) is 0 Å². The normalized spacial score (nSPS) is 11.3. The minimum atomic E-state index is -4.88. The van der Waals surface area contributed by atoms with Gasteiger partial charge in [-0.25, -0.2) is 0 Å². The number of Topliss-reactive ketones (excluding diaryl/α,β-unsaturated/α-hetero) is 1. The van der Waals surface area contributed by atoms with Crippen molar-refractivity contribution in [3.8, 4) is 5.75 Å². The predicted octanol–water partition coefficient (Wildman–Crippen LogP) is 3.04. The summed E-state index contributed by atoms with van der Waals surface area (Å²) in [6.07, 6.45) is -4.88. The molecule has 0 N–H and O–H groups in total. The Balaban J connectivity index is 3.23. The van der Waals surface area contributed by atoms with E-state index in [9.17, 15) is 18.0 Å². The molecule has 1 rings (SSSR count). The molecule has 0 bridgehead atoms. The van der Waals surface area contributed by atoms with Gasteiger partial charge in [-0.05, 0) is 40.8 Å². The Labute approximate surface area is 97.6 Å². The zero-order valence-electron chi connectivity index (χ0n) is 7.56. The summed E-state index contributed by atoms with van der Waals surface area (Å²) in [6.45, 7) is 0. The van der Waals surface area contributed by atoms with Crippen molar-refractivity contribution in [2.24, 2.45) is 0 Å². The average molecular weight is 330 g/mol. The molecule has 6 heteroatoms. The van der Waals surface area contributed by atoms with E-state index in [4.69, 9.17) is 4.74 Å². The molecule has 0 spiro atoms. The van der Waals surface area contributed by atoms with E-state index in [0.29, 0.717) is 3.57 Å². The first-order valence-corrected chi connectivity index (χ1v) is 4.89. The minimum Gasteiger partial charge on any atom is -0.496 e. The summed E-state index contributed by atoms with van der Waals surface area (Å²) < 4.78 is 41.8. The molecule has 0 aliphatic heterocycles. The van der Waals surface area contributed by atoms with Crippen LogP contribution in [0.5, 0.6) is 5.75 Å². The number of ether oxygens (including phenoxy) is 1. The van der Waals surface area contributed by atoms with Crippen LogP contribution in [0.4, 0.5) is 13.2 Å². The van der Waals surface area contributed by atoms with Gasteiger partial charge in [0.15, 0.2) is 0 Å². The second-order valence-corrected chi connectivity index (χ2v) is 3.92. The largest absolute Gasteiger partial charge is 0.496 e.